The molecule has 0 radical (unpaired) electrons. The fourth-order valence-corrected chi connectivity index (χ4v) is 2.11. The summed E-state index contributed by atoms with van der Waals surface area (Å²) in [6.07, 6.45) is 3.54. The summed E-state index contributed by atoms with van der Waals surface area (Å²) in [5.74, 6) is -0.270. The highest BCUT2D eigenvalue weighted by Gasteiger charge is 2.09. The summed E-state index contributed by atoms with van der Waals surface area (Å²) in [5.41, 5.74) is 1.43. The molecule has 24 heavy (non-hydrogen) atoms. The van der Waals surface area contributed by atoms with Crippen LogP contribution in [0, 0.1) is 10.1 Å². The Morgan fingerprint density at radius 1 is 1.04 bits per heavy atom. The zero-order valence-electron chi connectivity index (χ0n) is 13.1. The number of amides is 1. The van der Waals surface area contributed by atoms with Gasteiger partial charge in [0.1, 0.15) is 0 Å². The Kier molecular flexibility index (Phi) is 6.52. The Balaban J connectivity index is 1.72. The van der Waals surface area contributed by atoms with Crippen LogP contribution < -0.4 is 10.6 Å². The number of nitrogens with one attached hydrogen (secondary N) is 2. The predicted octanol–water partition coefficient (Wildman–Crippen LogP) is 3.23. The number of hydrogen-bond donors (Lipinski definition) is 2. The van der Waals surface area contributed by atoms with Crippen molar-refractivity contribution in [2.24, 2.45) is 0 Å². The van der Waals surface area contributed by atoms with E-state index in [-0.39, 0.29) is 11.6 Å². The van der Waals surface area contributed by atoms with E-state index in [9.17, 15) is 14.9 Å². The van der Waals surface area contributed by atoms with Gasteiger partial charge in [0.25, 0.3) is 5.69 Å². The molecule has 6 heteroatoms. The zero-order valence-corrected chi connectivity index (χ0v) is 13.1. The summed E-state index contributed by atoms with van der Waals surface area (Å²) in [7, 11) is 0. The van der Waals surface area contributed by atoms with Crippen molar-refractivity contribution in [2.75, 3.05) is 18.4 Å². The van der Waals surface area contributed by atoms with Crippen molar-refractivity contribution in [3.8, 4) is 0 Å². The molecule has 0 aromatic heterocycles. The first-order chi connectivity index (χ1) is 11.7. The van der Waals surface area contributed by atoms with E-state index >= 15 is 0 Å². The molecule has 0 atom stereocenters. The van der Waals surface area contributed by atoms with Crippen LogP contribution in [0.1, 0.15) is 12.0 Å². The first kappa shape index (κ1) is 17.2. The highest BCUT2D eigenvalue weighted by atomic mass is 16.6. The van der Waals surface area contributed by atoms with Crippen LogP contribution >= 0.6 is 0 Å². The first-order valence-corrected chi connectivity index (χ1v) is 7.65. The fraction of sp³-hybridized carbons (Fsp3) is 0.167. The van der Waals surface area contributed by atoms with Crippen molar-refractivity contribution >= 4 is 23.4 Å². The minimum atomic E-state index is -0.465. The standard InChI is InChI=1S/C18H19N3O3/c22-18(12-11-15-7-4-5-10-17(15)21(23)24)20-14-6-13-19-16-8-2-1-3-9-16/h1-5,7-12,19H,6,13-14H2,(H,20,22)/b12-11+. The van der Waals surface area contributed by atoms with E-state index in [2.05, 4.69) is 10.6 Å². The van der Waals surface area contributed by atoms with Gasteiger partial charge in [-0.25, -0.2) is 0 Å². The number of carbonyl (C=O) groups is 1. The van der Waals surface area contributed by atoms with E-state index in [1.54, 1.807) is 18.2 Å². The maximum absolute atomic E-state index is 11.7. The summed E-state index contributed by atoms with van der Waals surface area (Å²) in [4.78, 5) is 22.2. The smallest absolute Gasteiger partial charge is 0.276 e. The van der Waals surface area contributed by atoms with Crippen molar-refractivity contribution in [2.45, 2.75) is 6.42 Å². The molecule has 2 aromatic rings. The summed E-state index contributed by atoms with van der Waals surface area (Å²) in [5, 5.41) is 16.9. The molecule has 0 aliphatic rings. The van der Waals surface area contributed by atoms with Gasteiger partial charge < -0.3 is 10.6 Å². The van der Waals surface area contributed by atoms with Crippen LogP contribution in [0.25, 0.3) is 6.08 Å². The van der Waals surface area contributed by atoms with Crippen LogP contribution in [0.5, 0.6) is 0 Å². The number of nitrogens with zero attached hydrogens (tertiary/aromatic N) is 1. The molecule has 0 aliphatic heterocycles. The predicted molar refractivity (Wildman–Crippen MR) is 94.7 cm³/mol. The van der Waals surface area contributed by atoms with Gasteiger partial charge in [0.15, 0.2) is 0 Å². The molecule has 6 nitrogen and oxygen atoms in total. The number of rotatable bonds is 8. The second-order valence-electron chi connectivity index (χ2n) is 5.09. The van der Waals surface area contributed by atoms with Crippen LogP contribution in [0.2, 0.25) is 0 Å². The summed E-state index contributed by atoms with van der Waals surface area (Å²) < 4.78 is 0. The molecule has 2 rings (SSSR count). The molecule has 2 N–H and O–H groups in total. The lowest BCUT2D eigenvalue weighted by Crippen LogP contribution is -2.23. The van der Waals surface area contributed by atoms with Crippen molar-refractivity contribution in [1.82, 2.24) is 5.32 Å². The van der Waals surface area contributed by atoms with Crippen molar-refractivity contribution < 1.29 is 9.72 Å². The molecular weight excluding hydrogens is 306 g/mol. The lowest BCUT2D eigenvalue weighted by molar-refractivity contribution is -0.385. The maximum atomic E-state index is 11.7. The molecule has 0 aliphatic carbocycles. The highest BCUT2D eigenvalue weighted by Crippen LogP contribution is 2.18. The first-order valence-electron chi connectivity index (χ1n) is 7.65. The van der Waals surface area contributed by atoms with Crippen molar-refractivity contribution in [3.63, 3.8) is 0 Å². The SMILES string of the molecule is O=C(/C=C/c1ccccc1[N+](=O)[O-])NCCCNc1ccccc1. The molecule has 0 fully saturated rings. The average Bonchev–Trinajstić information content (AvgIpc) is 2.60. The van der Waals surface area contributed by atoms with E-state index in [1.807, 2.05) is 30.3 Å². The number of hydrogen-bond acceptors (Lipinski definition) is 4. The van der Waals surface area contributed by atoms with Crippen LogP contribution in [0.15, 0.2) is 60.7 Å². The highest BCUT2D eigenvalue weighted by molar-refractivity contribution is 5.92. The topological polar surface area (TPSA) is 84.3 Å². The van der Waals surface area contributed by atoms with E-state index in [4.69, 9.17) is 0 Å². The number of anilines is 1. The third kappa shape index (κ3) is 5.57. The molecule has 2 aromatic carbocycles. The molecule has 1 amide bonds. The average molecular weight is 325 g/mol. The minimum Gasteiger partial charge on any atom is -0.385 e. The van der Waals surface area contributed by atoms with E-state index in [1.165, 1.54) is 18.2 Å². The Hall–Kier alpha value is -3.15. The maximum Gasteiger partial charge on any atom is 0.276 e. The van der Waals surface area contributed by atoms with Crippen LogP contribution in [0.4, 0.5) is 11.4 Å². The Morgan fingerprint density at radius 3 is 2.50 bits per heavy atom. The third-order valence-electron chi connectivity index (χ3n) is 3.30. The lowest BCUT2D eigenvalue weighted by Gasteiger charge is -2.06. The van der Waals surface area contributed by atoms with Gasteiger partial charge >= 0.3 is 0 Å². The summed E-state index contributed by atoms with van der Waals surface area (Å²) in [6.45, 7) is 1.28. The van der Waals surface area contributed by atoms with Gasteiger partial charge in [0, 0.05) is 30.9 Å². The van der Waals surface area contributed by atoms with Gasteiger partial charge in [0.05, 0.1) is 10.5 Å². The van der Waals surface area contributed by atoms with Gasteiger partial charge in [-0.05, 0) is 30.7 Å². The Bertz CT molecular complexity index is 714. The van der Waals surface area contributed by atoms with E-state index < -0.39 is 4.92 Å². The molecule has 0 unspecified atom stereocenters. The zero-order chi connectivity index (χ0) is 17.2. The second-order valence-corrected chi connectivity index (χ2v) is 5.09. The van der Waals surface area contributed by atoms with Crippen molar-refractivity contribution in [1.29, 1.82) is 0 Å². The third-order valence-corrected chi connectivity index (χ3v) is 3.30. The number of benzene rings is 2. The second kappa shape index (κ2) is 9.09. The lowest BCUT2D eigenvalue weighted by atomic mass is 10.1. The quantitative estimate of drug-likeness (QED) is 0.338. The van der Waals surface area contributed by atoms with Gasteiger partial charge in [-0.15, -0.1) is 0 Å². The normalized spacial score (nSPS) is 10.5. The summed E-state index contributed by atoms with van der Waals surface area (Å²) in [6, 6.07) is 16.1. The van der Waals surface area contributed by atoms with Crippen LogP contribution in [-0.2, 0) is 4.79 Å². The van der Waals surface area contributed by atoms with E-state index in [0.717, 1.165) is 18.7 Å². The largest absolute Gasteiger partial charge is 0.385 e. The molecule has 124 valence electrons. The number of carbonyl (C=O) groups excluding carboxylic acids is 1. The van der Waals surface area contributed by atoms with Gasteiger partial charge in [-0.2, -0.15) is 0 Å². The monoisotopic (exact) mass is 325 g/mol. The molecule has 0 spiro atoms. The van der Waals surface area contributed by atoms with Gasteiger partial charge in [-0.3, -0.25) is 14.9 Å². The summed E-state index contributed by atoms with van der Waals surface area (Å²) >= 11 is 0. The number of nitro benzene ring substituents is 1. The number of nitro groups is 1. The minimum absolute atomic E-state index is 0.0198. The number of para-hydroxylation sites is 2. The molecule has 0 saturated heterocycles. The van der Waals surface area contributed by atoms with E-state index in [0.29, 0.717) is 12.1 Å². The Labute approximate surface area is 140 Å². The van der Waals surface area contributed by atoms with Gasteiger partial charge in [-0.1, -0.05) is 30.3 Å². The van der Waals surface area contributed by atoms with Crippen LogP contribution in [-0.4, -0.2) is 23.9 Å². The van der Waals surface area contributed by atoms with Gasteiger partial charge in [0.2, 0.25) is 5.91 Å². The fourth-order valence-electron chi connectivity index (χ4n) is 2.11. The Morgan fingerprint density at radius 2 is 1.75 bits per heavy atom. The molecular formula is C18H19N3O3. The molecule has 0 saturated carbocycles. The van der Waals surface area contributed by atoms with Crippen molar-refractivity contribution in [3.05, 3.63) is 76.4 Å². The van der Waals surface area contributed by atoms with Crippen LogP contribution in [0.3, 0.4) is 0 Å². The molecule has 0 bridgehead atoms. The molecule has 0 heterocycles.